The summed E-state index contributed by atoms with van der Waals surface area (Å²) in [6.07, 6.45) is 0. The largest absolute Gasteiger partial charge is 0.440 e. The van der Waals surface area contributed by atoms with Gasteiger partial charge in [-0.15, -0.1) is 22.7 Å². The Labute approximate surface area is 138 Å². The van der Waals surface area contributed by atoms with E-state index in [4.69, 9.17) is 4.42 Å². The van der Waals surface area contributed by atoms with Crippen LogP contribution in [-0.4, -0.2) is 21.9 Å². The molecule has 3 rings (SSSR count). The Balaban J connectivity index is 1.75. The molecule has 22 heavy (non-hydrogen) atoms. The van der Waals surface area contributed by atoms with Crippen LogP contribution >= 0.6 is 22.7 Å². The molecule has 1 unspecified atom stereocenters. The third kappa shape index (κ3) is 3.14. The number of aryl methyl sites for hydroxylation is 2. The van der Waals surface area contributed by atoms with Gasteiger partial charge in [-0.25, -0.2) is 9.97 Å². The molecule has 3 heterocycles. The van der Waals surface area contributed by atoms with E-state index in [9.17, 15) is 0 Å². The molecule has 0 saturated carbocycles. The molecule has 0 aliphatic rings. The second-order valence-corrected chi connectivity index (χ2v) is 7.25. The second-order valence-electron chi connectivity index (χ2n) is 5.42. The molecule has 0 aromatic carbocycles. The van der Waals surface area contributed by atoms with Gasteiger partial charge in [0.25, 0.3) is 0 Å². The zero-order valence-corrected chi connectivity index (χ0v) is 14.8. The number of aromatic nitrogens is 2. The number of hydrogen-bond donors (Lipinski definition) is 0. The van der Waals surface area contributed by atoms with Crippen molar-refractivity contribution in [3.05, 3.63) is 45.0 Å². The Bertz CT molecular complexity index is 745. The highest BCUT2D eigenvalue weighted by atomic mass is 32.1. The van der Waals surface area contributed by atoms with E-state index in [0.29, 0.717) is 5.89 Å². The summed E-state index contributed by atoms with van der Waals surface area (Å²) in [6, 6.07) is 4.31. The van der Waals surface area contributed by atoms with Crippen LogP contribution in [-0.2, 0) is 6.54 Å². The molecule has 0 saturated heterocycles. The summed E-state index contributed by atoms with van der Waals surface area (Å²) in [5.41, 5.74) is 2.07. The van der Waals surface area contributed by atoms with Crippen molar-refractivity contribution >= 4 is 22.7 Å². The van der Waals surface area contributed by atoms with Gasteiger partial charge in [0.1, 0.15) is 10.8 Å². The molecule has 116 valence electrons. The van der Waals surface area contributed by atoms with E-state index >= 15 is 0 Å². The van der Waals surface area contributed by atoms with Gasteiger partial charge in [0.2, 0.25) is 5.89 Å². The van der Waals surface area contributed by atoms with Gasteiger partial charge in [-0.3, -0.25) is 4.90 Å². The quantitative estimate of drug-likeness (QED) is 0.680. The summed E-state index contributed by atoms with van der Waals surface area (Å²) >= 11 is 3.35. The lowest BCUT2D eigenvalue weighted by molar-refractivity contribution is 0.248. The maximum Gasteiger partial charge on any atom is 0.236 e. The fourth-order valence-electron chi connectivity index (χ4n) is 2.21. The summed E-state index contributed by atoms with van der Waals surface area (Å²) in [6.45, 7) is 6.93. The number of thiophene rings is 1. The molecule has 3 aromatic heterocycles. The Morgan fingerprint density at radius 3 is 2.73 bits per heavy atom. The van der Waals surface area contributed by atoms with Gasteiger partial charge in [-0.05, 0) is 39.3 Å². The van der Waals surface area contributed by atoms with Gasteiger partial charge >= 0.3 is 0 Å². The summed E-state index contributed by atoms with van der Waals surface area (Å²) in [4.78, 5) is 12.6. The maximum atomic E-state index is 5.81. The predicted octanol–water partition coefficient (Wildman–Crippen LogP) is 4.67. The fraction of sp³-hybridized carbons (Fsp3) is 0.375. The number of hydrogen-bond acceptors (Lipinski definition) is 6. The lowest BCUT2D eigenvalue weighted by Crippen LogP contribution is -2.22. The third-order valence-electron chi connectivity index (χ3n) is 3.68. The summed E-state index contributed by atoms with van der Waals surface area (Å²) < 4.78 is 5.81. The van der Waals surface area contributed by atoms with E-state index < -0.39 is 0 Å². The molecule has 0 fully saturated rings. The molecular weight excluding hydrogens is 314 g/mol. The van der Waals surface area contributed by atoms with Crippen molar-refractivity contribution in [3.8, 4) is 10.8 Å². The van der Waals surface area contributed by atoms with Gasteiger partial charge in [0, 0.05) is 17.6 Å². The Morgan fingerprint density at radius 2 is 2.09 bits per heavy atom. The molecule has 6 heteroatoms. The minimum Gasteiger partial charge on any atom is -0.440 e. The first-order chi connectivity index (χ1) is 10.5. The zero-order valence-electron chi connectivity index (χ0n) is 13.2. The molecule has 0 radical (unpaired) electrons. The van der Waals surface area contributed by atoms with Crippen LogP contribution in [0.15, 0.2) is 27.3 Å². The fourth-order valence-corrected chi connectivity index (χ4v) is 3.77. The highest BCUT2D eigenvalue weighted by Crippen LogP contribution is 2.28. The molecule has 0 N–H and O–H groups in total. The molecule has 3 aromatic rings. The predicted molar refractivity (Wildman–Crippen MR) is 91.3 cm³/mol. The van der Waals surface area contributed by atoms with E-state index in [1.165, 1.54) is 0 Å². The Morgan fingerprint density at radius 1 is 1.27 bits per heavy atom. The molecular formula is C16H19N3OS2. The first-order valence-electron chi connectivity index (χ1n) is 7.17. The third-order valence-corrected chi connectivity index (χ3v) is 5.67. The topological polar surface area (TPSA) is 42.2 Å². The highest BCUT2D eigenvalue weighted by molar-refractivity contribution is 7.13. The molecule has 0 amide bonds. The van der Waals surface area contributed by atoms with Crippen LogP contribution in [0, 0.1) is 13.8 Å². The van der Waals surface area contributed by atoms with Crippen molar-refractivity contribution in [1.82, 2.24) is 14.9 Å². The zero-order chi connectivity index (χ0) is 15.7. The number of thiazole rings is 1. The van der Waals surface area contributed by atoms with Crippen molar-refractivity contribution < 1.29 is 4.42 Å². The average Bonchev–Trinajstić information content (AvgIpc) is 3.20. The van der Waals surface area contributed by atoms with Gasteiger partial charge in [0.05, 0.1) is 16.6 Å². The maximum absolute atomic E-state index is 5.81. The van der Waals surface area contributed by atoms with Crippen LogP contribution in [0.1, 0.15) is 35.1 Å². The van der Waals surface area contributed by atoms with Gasteiger partial charge in [-0.2, -0.15) is 0 Å². The van der Waals surface area contributed by atoms with Crippen molar-refractivity contribution in [2.75, 3.05) is 7.05 Å². The van der Waals surface area contributed by atoms with E-state index in [2.05, 4.69) is 34.2 Å². The summed E-state index contributed by atoms with van der Waals surface area (Å²) in [7, 11) is 2.10. The molecule has 0 spiro atoms. The lowest BCUT2D eigenvalue weighted by Gasteiger charge is -2.21. The molecule has 0 aliphatic heterocycles. The van der Waals surface area contributed by atoms with Crippen LogP contribution < -0.4 is 0 Å². The minimum absolute atomic E-state index is 0.264. The van der Waals surface area contributed by atoms with E-state index in [1.807, 2.05) is 31.4 Å². The van der Waals surface area contributed by atoms with E-state index in [0.717, 1.165) is 33.6 Å². The Kier molecular flexibility index (Phi) is 4.42. The first kappa shape index (κ1) is 15.4. The molecule has 4 nitrogen and oxygen atoms in total. The lowest BCUT2D eigenvalue weighted by atomic mass is 10.2. The van der Waals surface area contributed by atoms with Crippen LogP contribution in [0.2, 0.25) is 0 Å². The van der Waals surface area contributed by atoms with Crippen LogP contribution in [0.4, 0.5) is 0 Å². The van der Waals surface area contributed by atoms with E-state index in [-0.39, 0.29) is 6.04 Å². The number of nitrogens with zero attached hydrogens (tertiary/aromatic N) is 3. The van der Waals surface area contributed by atoms with Crippen molar-refractivity contribution in [3.63, 3.8) is 0 Å². The first-order valence-corrected chi connectivity index (χ1v) is 8.93. The summed E-state index contributed by atoms with van der Waals surface area (Å²) in [5, 5.41) is 5.27. The highest BCUT2D eigenvalue weighted by Gasteiger charge is 2.19. The molecule has 0 bridgehead atoms. The number of rotatable bonds is 5. The van der Waals surface area contributed by atoms with Crippen LogP contribution in [0.5, 0.6) is 0 Å². The standard InChI is InChI=1S/C16H19N3OS2/c1-10-9-22-16(17-10)11(2)19(4)8-13-12(3)20-15(18-13)14-6-5-7-21-14/h5-7,9,11H,8H2,1-4H3. The van der Waals surface area contributed by atoms with Crippen LogP contribution in [0.3, 0.4) is 0 Å². The van der Waals surface area contributed by atoms with Gasteiger partial charge < -0.3 is 4.42 Å². The number of oxazole rings is 1. The SMILES string of the molecule is Cc1csc(C(C)N(C)Cc2nc(-c3cccs3)oc2C)n1. The van der Waals surface area contributed by atoms with Gasteiger partial charge in [0.15, 0.2) is 0 Å². The van der Waals surface area contributed by atoms with Crippen molar-refractivity contribution in [2.45, 2.75) is 33.4 Å². The summed E-state index contributed by atoms with van der Waals surface area (Å²) in [5.74, 6) is 1.60. The average molecular weight is 333 g/mol. The minimum atomic E-state index is 0.264. The smallest absolute Gasteiger partial charge is 0.236 e. The normalized spacial score (nSPS) is 13.0. The second kappa shape index (κ2) is 6.32. The van der Waals surface area contributed by atoms with Crippen molar-refractivity contribution in [1.29, 1.82) is 0 Å². The Hall–Kier alpha value is -1.50. The van der Waals surface area contributed by atoms with Gasteiger partial charge in [-0.1, -0.05) is 6.07 Å². The van der Waals surface area contributed by atoms with Crippen LogP contribution in [0.25, 0.3) is 10.8 Å². The molecule has 0 aliphatic carbocycles. The molecule has 1 atom stereocenters. The monoisotopic (exact) mass is 333 g/mol. The van der Waals surface area contributed by atoms with Crippen molar-refractivity contribution in [2.24, 2.45) is 0 Å². The van der Waals surface area contributed by atoms with E-state index in [1.54, 1.807) is 22.7 Å².